The topological polar surface area (TPSA) is 87.7 Å². The molecule has 4 rings (SSSR count). The first-order valence-corrected chi connectivity index (χ1v) is 12.6. The van der Waals surface area contributed by atoms with Crippen LogP contribution < -0.4 is 15.4 Å². The van der Waals surface area contributed by atoms with E-state index in [-0.39, 0.29) is 41.6 Å². The van der Waals surface area contributed by atoms with Crippen molar-refractivity contribution in [1.29, 1.82) is 0 Å². The molecule has 1 aliphatic heterocycles. The molecule has 1 heterocycles. The maximum atomic E-state index is 13.2. The number of benzene rings is 3. The summed E-state index contributed by atoms with van der Waals surface area (Å²) in [6.07, 6.45) is 0. The fraction of sp³-hybridized carbons (Fsp3) is 0.222. The summed E-state index contributed by atoms with van der Waals surface area (Å²) in [5.74, 6) is -0.364. The summed E-state index contributed by atoms with van der Waals surface area (Å²) in [4.78, 5) is 39.6. The second-order valence-corrected chi connectivity index (χ2v) is 10.1. The highest BCUT2D eigenvalue weighted by Crippen LogP contribution is 2.29. The second-order valence-electron chi connectivity index (χ2n) is 8.76. The highest BCUT2D eigenvalue weighted by Gasteiger charge is 2.26. The first-order valence-electron chi connectivity index (χ1n) is 11.4. The largest absolute Gasteiger partial charge is 0.472 e. The van der Waals surface area contributed by atoms with Crippen molar-refractivity contribution in [3.63, 3.8) is 0 Å². The molecule has 7 nitrogen and oxygen atoms in total. The van der Waals surface area contributed by atoms with Crippen LogP contribution in [-0.2, 0) is 17.9 Å². The molecule has 0 unspecified atom stereocenters. The predicted molar refractivity (Wildman–Crippen MR) is 142 cm³/mol. The summed E-state index contributed by atoms with van der Waals surface area (Å²) in [5, 5.41) is 5.92. The Morgan fingerprint density at radius 1 is 1.08 bits per heavy atom. The zero-order valence-electron chi connectivity index (χ0n) is 19.8. The SMILES string of the molecule is CC(C)C(=O)NCc1ccc(Cl)c(C(=O)Nc2ccc3c(c2)C(=O)N(Cc2cccc(Br)c2)CO3)c1. The number of fused-ring (bicyclic) bond motifs is 1. The van der Waals surface area contributed by atoms with Crippen LogP contribution in [0.2, 0.25) is 5.02 Å². The van der Waals surface area contributed by atoms with Crippen LogP contribution in [0.3, 0.4) is 0 Å². The third-order valence-corrected chi connectivity index (χ3v) is 6.48. The number of rotatable bonds is 7. The van der Waals surface area contributed by atoms with Gasteiger partial charge in [0.1, 0.15) is 5.75 Å². The van der Waals surface area contributed by atoms with Crippen LogP contribution in [0.4, 0.5) is 5.69 Å². The number of nitrogens with zero attached hydrogens (tertiary/aromatic N) is 1. The van der Waals surface area contributed by atoms with Crippen LogP contribution in [0.15, 0.2) is 65.1 Å². The molecule has 3 amide bonds. The van der Waals surface area contributed by atoms with Gasteiger partial charge in [0.15, 0.2) is 6.73 Å². The molecule has 0 radical (unpaired) electrons. The van der Waals surface area contributed by atoms with Crippen molar-refractivity contribution in [3.05, 3.63) is 92.4 Å². The molecule has 0 saturated carbocycles. The highest BCUT2D eigenvalue weighted by molar-refractivity contribution is 9.10. The van der Waals surface area contributed by atoms with Gasteiger partial charge in [0.2, 0.25) is 5.91 Å². The molecular weight excluding hydrogens is 546 g/mol. The lowest BCUT2D eigenvalue weighted by Crippen LogP contribution is -2.38. The number of amides is 3. The molecule has 0 atom stereocenters. The van der Waals surface area contributed by atoms with Crippen LogP contribution in [0.5, 0.6) is 5.75 Å². The maximum Gasteiger partial charge on any atom is 0.260 e. The van der Waals surface area contributed by atoms with E-state index in [9.17, 15) is 14.4 Å². The van der Waals surface area contributed by atoms with Gasteiger partial charge in [0.05, 0.1) is 16.1 Å². The molecule has 0 aliphatic carbocycles. The third-order valence-electron chi connectivity index (χ3n) is 5.66. The van der Waals surface area contributed by atoms with E-state index in [1.807, 2.05) is 38.1 Å². The van der Waals surface area contributed by atoms with Crippen LogP contribution >= 0.6 is 27.5 Å². The average Bonchev–Trinajstić information content (AvgIpc) is 2.85. The van der Waals surface area contributed by atoms with Crippen molar-refractivity contribution in [3.8, 4) is 5.75 Å². The van der Waals surface area contributed by atoms with Crippen molar-refractivity contribution in [2.24, 2.45) is 5.92 Å². The summed E-state index contributed by atoms with van der Waals surface area (Å²) >= 11 is 9.73. The lowest BCUT2D eigenvalue weighted by atomic mass is 10.1. The summed E-state index contributed by atoms with van der Waals surface area (Å²) in [5.41, 5.74) is 2.79. The van der Waals surface area contributed by atoms with Gasteiger partial charge in [0.25, 0.3) is 11.8 Å². The van der Waals surface area contributed by atoms with Gasteiger partial charge in [0, 0.05) is 29.2 Å². The number of anilines is 1. The number of hydrogen-bond donors (Lipinski definition) is 2. The zero-order chi connectivity index (χ0) is 25.8. The Balaban J connectivity index is 1.48. The summed E-state index contributed by atoms with van der Waals surface area (Å²) in [6, 6.07) is 17.7. The molecule has 0 aromatic heterocycles. The van der Waals surface area contributed by atoms with Crippen molar-refractivity contribution in [1.82, 2.24) is 10.2 Å². The fourth-order valence-corrected chi connectivity index (χ4v) is 4.35. The lowest BCUT2D eigenvalue weighted by molar-refractivity contribution is -0.124. The van der Waals surface area contributed by atoms with E-state index in [0.717, 1.165) is 15.6 Å². The summed E-state index contributed by atoms with van der Waals surface area (Å²) < 4.78 is 6.71. The molecule has 36 heavy (non-hydrogen) atoms. The van der Waals surface area contributed by atoms with E-state index in [1.54, 1.807) is 41.3 Å². The van der Waals surface area contributed by atoms with E-state index in [2.05, 4.69) is 26.6 Å². The minimum absolute atomic E-state index is 0.0779. The monoisotopic (exact) mass is 569 g/mol. The Morgan fingerprint density at radius 3 is 2.64 bits per heavy atom. The van der Waals surface area contributed by atoms with E-state index in [4.69, 9.17) is 16.3 Å². The quantitative estimate of drug-likeness (QED) is 0.386. The molecule has 0 saturated heterocycles. The van der Waals surface area contributed by atoms with Gasteiger partial charge < -0.3 is 20.3 Å². The molecule has 3 aromatic rings. The zero-order valence-corrected chi connectivity index (χ0v) is 22.2. The van der Waals surface area contributed by atoms with Crippen molar-refractivity contribution in [2.45, 2.75) is 26.9 Å². The average molecular weight is 571 g/mol. The minimum atomic E-state index is -0.424. The number of carbonyl (C=O) groups excluding carboxylic acids is 3. The lowest BCUT2D eigenvalue weighted by Gasteiger charge is -2.29. The molecule has 0 spiro atoms. The van der Waals surface area contributed by atoms with E-state index >= 15 is 0 Å². The Bertz CT molecular complexity index is 1330. The van der Waals surface area contributed by atoms with E-state index < -0.39 is 5.91 Å². The fourth-order valence-electron chi connectivity index (χ4n) is 3.70. The van der Waals surface area contributed by atoms with Crippen LogP contribution in [0.25, 0.3) is 0 Å². The molecule has 186 valence electrons. The summed E-state index contributed by atoms with van der Waals surface area (Å²) in [6.45, 7) is 4.44. The van der Waals surface area contributed by atoms with Gasteiger partial charge in [-0.15, -0.1) is 0 Å². The Kier molecular flexibility index (Phi) is 7.96. The number of ether oxygens (including phenoxy) is 1. The Morgan fingerprint density at radius 2 is 1.89 bits per heavy atom. The van der Waals surface area contributed by atoms with Gasteiger partial charge in [-0.1, -0.05) is 59.6 Å². The van der Waals surface area contributed by atoms with Gasteiger partial charge in [-0.3, -0.25) is 14.4 Å². The third kappa shape index (κ3) is 6.06. The first-order chi connectivity index (χ1) is 17.2. The van der Waals surface area contributed by atoms with Crippen molar-refractivity contribution < 1.29 is 19.1 Å². The van der Waals surface area contributed by atoms with Crippen molar-refractivity contribution in [2.75, 3.05) is 12.0 Å². The van der Waals surface area contributed by atoms with E-state index in [0.29, 0.717) is 23.5 Å². The van der Waals surface area contributed by atoms with Gasteiger partial charge in [-0.2, -0.15) is 0 Å². The number of hydrogen-bond acceptors (Lipinski definition) is 4. The molecule has 3 aromatic carbocycles. The van der Waals surface area contributed by atoms with Gasteiger partial charge >= 0.3 is 0 Å². The van der Waals surface area contributed by atoms with Crippen LogP contribution in [0.1, 0.15) is 45.7 Å². The standard InChI is InChI=1S/C27H25BrClN3O4/c1-16(2)25(33)30-13-17-6-8-23(29)21(11-17)26(34)31-20-7-9-24-22(12-20)27(35)32(15-36-24)14-18-4-3-5-19(28)10-18/h3-12,16H,13-15H2,1-2H3,(H,30,33)(H,31,34). The van der Waals surface area contributed by atoms with Crippen molar-refractivity contribution >= 4 is 50.9 Å². The molecule has 0 bridgehead atoms. The Labute approximate surface area is 222 Å². The molecule has 1 aliphatic rings. The first kappa shape index (κ1) is 25.7. The van der Waals surface area contributed by atoms with Crippen LogP contribution in [-0.4, -0.2) is 29.4 Å². The van der Waals surface area contributed by atoms with Crippen LogP contribution in [0, 0.1) is 5.92 Å². The predicted octanol–water partition coefficient (Wildman–Crippen LogP) is 5.62. The molecule has 2 N–H and O–H groups in total. The Hall–Kier alpha value is -3.36. The van der Waals surface area contributed by atoms with Gasteiger partial charge in [-0.05, 0) is 53.6 Å². The summed E-state index contributed by atoms with van der Waals surface area (Å²) in [7, 11) is 0. The number of nitrogens with one attached hydrogen (secondary N) is 2. The molecule has 0 fully saturated rings. The van der Waals surface area contributed by atoms with Gasteiger partial charge in [-0.25, -0.2) is 0 Å². The maximum absolute atomic E-state index is 13.2. The number of halogens is 2. The smallest absolute Gasteiger partial charge is 0.260 e. The normalized spacial score (nSPS) is 12.7. The second kappa shape index (κ2) is 11.1. The molecular formula is C27H25BrClN3O4. The minimum Gasteiger partial charge on any atom is -0.472 e. The highest BCUT2D eigenvalue weighted by atomic mass is 79.9. The molecule has 9 heteroatoms. The number of carbonyl (C=O) groups is 3. The van der Waals surface area contributed by atoms with E-state index in [1.165, 1.54) is 0 Å².